The molecule has 0 aliphatic carbocycles. The standard InChI is InChI=1S/C14H16ClNO5/c1-4-5-10(14(18)19)16-13(17)8-6-9(15)12(21-3)11(7-8)20-2/h4,6-7,10H,1,5H2,2-3H3,(H,16,17)(H,18,19). The van der Waals surface area contributed by atoms with E-state index in [1.807, 2.05) is 0 Å². The summed E-state index contributed by atoms with van der Waals surface area (Å²) in [5.41, 5.74) is 0.174. The Morgan fingerprint density at radius 1 is 1.43 bits per heavy atom. The van der Waals surface area contributed by atoms with Crippen LogP contribution in [-0.2, 0) is 4.79 Å². The minimum atomic E-state index is -1.14. The van der Waals surface area contributed by atoms with Crippen LogP contribution in [0.2, 0.25) is 5.02 Å². The molecule has 0 saturated heterocycles. The third-order valence-corrected chi connectivity index (χ3v) is 2.98. The summed E-state index contributed by atoms with van der Waals surface area (Å²) in [5.74, 6) is -1.13. The summed E-state index contributed by atoms with van der Waals surface area (Å²) in [7, 11) is 2.83. The van der Waals surface area contributed by atoms with Crippen LogP contribution in [0.15, 0.2) is 24.8 Å². The Hall–Kier alpha value is -2.21. The van der Waals surface area contributed by atoms with E-state index in [9.17, 15) is 9.59 Å². The predicted molar refractivity (Wildman–Crippen MR) is 78.3 cm³/mol. The van der Waals surface area contributed by atoms with Crippen LogP contribution in [0.3, 0.4) is 0 Å². The lowest BCUT2D eigenvalue weighted by molar-refractivity contribution is -0.139. The van der Waals surface area contributed by atoms with Crippen LogP contribution in [0.5, 0.6) is 11.5 Å². The summed E-state index contributed by atoms with van der Waals surface area (Å²) in [4.78, 5) is 23.1. The fourth-order valence-electron chi connectivity index (χ4n) is 1.68. The molecule has 1 aromatic rings. The third-order valence-electron chi connectivity index (χ3n) is 2.70. The van der Waals surface area contributed by atoms with E-state index in [4.69, 9.17) is 26.2 Å². The van der Waals surface area contributed by atoms with Crippen molar-refractivity contribution in [2.24, 2.45) is 0 Å². The number of hydrogen-bond donors (Lipinski definition) is 2. The lowest BCUT2D eigenvalue weighted by Crippen LogP contribution is -2.40. The number of carbonyl (C=O) groups is 2. The minimum Gasteiger partial charge on any atom is -0.493 e. The molecule has 1 aromatic carbocycles. The van der Waals surface area contributed by atoms with Crippen molar-refractivity contribution < 1.29 is 24.2 Å². The van der Waals surface area contributed by atoms with E-state index in [0.29, 0.717) is 5.75 Å². The van der Waals surface area contributed by atoms with E-state index < -0.39 is 17.9 Å². The largest absolute Gasteiger partial charge is 0.493 e. The lowest BCUT2D eigenvalue weighted by atomic mass is 10.1. The second kappa shape index (κ2) is 7.54. The fourth-order valence-corrected chi connectivity index (χ4v) is 1.97. The molecule has 1 atom stereocenters. The molecule has 2 N–H and O–H groups in total. The van der Waals surface area contributed by atoms with E-state index in [0.717, 1.165) is 0 Å². The van der Waals surface area contributed by atoms with Crippen molar-refractivity contribution in [2.45, 2.75) is 12.5 Å². The van der Waals surface area contributed by atoms with Gasteiger partial charge in [-0.05, 0) is 18.6 Å². The highest BCUT2D eigenvalue weighted by Gasteiger charge is 2.21. The molecule has 1 amide bonds. The van der Waals surface area contributed by atoms with Crippen molar-refractivity contribution in [2.75, 3.05) is 14.2 Å². The Bertz CT molecular complexity index is 559. The van der Waals surface area contributed by atoms with Gasteiger partial charge >= 0.3 is 5.97 Å². The van der Waals surface area contributed by atoms with E-state index in [-0.39, 0.29) is 22.8 Å². The molecule has 0 aromatic heterocycles. The van der Waals surface area contributed by atoms with E-state index in [1.54, 1.807) is 0 Å². The van der Waals surface area contributed by atoms with Gasteiger partial charge in [0.15, 0.2) is 11.5 Å². The number of ether oxygens (including phenoxy) is 2. The molecule has 1 rings (SSSR count). The molecule has 0 fully saturated rings. The molecular weight excluding hydrogens is 298 g/mol. The van der Waals surface area contributed by atoms with Crippen molar-refractivity contribution in [3.63, 3.8) is 0 Å². The number of halogens is 1. The van der Waals surface area contributed by atoms with E-state index in [2.05, 4.69) is 11.9 Å². The Morgan fingerprint density at radius 3 is 2.57 bits per heavy atom. The predicted octanol–water partition coefficient (Wildman–Crippen LogP) is 2.12. The van der Waals surface area contributed by atoms with E-state index in [1.165, 1.54) is 32.4 Å². The van der Waals surface area contributed by atoms with Crippen molar-refractivity contribution in [1.29, 1.82) is 0 Å². The third kappa shape index (κ3) is 4.13. The topological polar surface area (TPSA) is 84.9 Å². The zero-order valence-electron chi connectivity index (χ0n) is 11.7. The van der Waals surface area contributed by atoms with Gasteiger partial charge in [0.1, 0.15) is 6.04 Å². The van der Waals surface area contributed by atoms with Crippen LogP contribution in [0.4, 0.5) is 0 Å². The Labute approximate surface area is 127 Å². The van der Waals surface area contributed by atoms with Gasteiger partial charge in [0.05, 0.1) is 19.2 Å². The quantitative estimate of drug-likeness (QED) is 0.753. The van der Waals surface area contributed by atoms with Crippen LogP contribution < -0.4 is 14.8 Å². The van der Waals surface area contributed by atoms with E-state index >= 15 is 0 Å². The van der Waals surface area contributed by atoms with Crippen molar-refractivity contribution in [3.8, 4) is 11.5 Å². The number of carboxylic acid groups (broad SMARTS) is 1. The second-order valence-corrected chi connectivity index (χ2v) is 4.49. The summed E-state index contributed by atoms with van der Waals surface area (Å²) in [5, 5.41) is 11.6. The number of aliphatic carboxylic acids is 1. The number of hydrogen-bond acceptors (Lipinski definition) is 4. The van der Waals surface area contributed by atoms with Gasteiger partial charge in [-0.3, -0.25) is 4.79 Å². The fraction of sp³-hybridized carbons (Fsp3) is 0.286. The number of methoxy groups -OCH3 is 2. The molecule has 0 saturated carbocycles. The summed E-state index contributed by atoms with van der Waals surface area (Å²) in [6.45, 7) is 3.45. The molecule has 0 aliphatic rings. The summed E-state index contributed by atoms with van der Waals surface area (Å²) in [6.07, 6.45) is 1.53. The highest BCUT2D eigenvalue weighted by Crippen LogP contribution is 2.35. The van der Waals surface area contributed by atoms with Gasteiger partial charge in [-0.15, -0.1) is 6.58 Å². The van der Waals surface area contributed by atoms with Crippen LogP contribution >= 0.6 is 11.6 Å². The first-order valence-electron chi connectivity index (χ1n) is 6.00. The number of carbonyl (C=O) groups excluding carboxylic acids is 1. The smallest absolute Gasteiger partial charge is 0.326 e. The van der Waals surface area contributed by atoms with Gasteiger partial charge < -0.3 is 19.9 Å². The number of carboxylic acids is 1. The lowest BCUT2D eigenvalue weighted by Gasteiger charge is -2.15. The molecular formula is C14H16ClNO5. The maximum Gasteiger partial charge on any atom is 0.326 e. The first-order valence-corrected chi connectivity index (χ1v) is 6.38. The second-order valence-electron chi connectivity index (χ2n) is 4.08. The monoisotopic (exact) mass is 313 g/mol. The molecule has 6 nitrogen and oxygen atoms in total. The maximum atomic E-state index is 12.1. The Morgan fingerprint density at radius 2 is 2.10 bits per heavy atom. The van der Waals surface area contributed by atoms with Crippen LogP contribution in [0.1, 0.15) is 16.8 Å². The molecule has 1 unspecified atom stereocenters. The van der Waals surface area contributed by atoms with Gasteiger partial charge in [0.2, 0.25) is 0 Å². The Kier molecular flexibility index (Phi) is 6.05. The first kappa shape index (κ1) is 16.8. The molecule has 0 bridgehead atoms. The number of rotatable bonds is 7. The van der Waals surface area contributed by atoms with Gasteiger partial charge in [0, 0.05) is 5.56 Å². The zero-order chi connectivity index (χ0) is 16.0. The normalized spacial score (nSPS) is 11.4. The molecule has 7 heteroatoms. The summed E-state index contributed by atoms with van der Waals surface area (Å²) < 4.78 is 10.1. The summed E-state index contributed by atoms with van der Waals surface area (Å²) >= 11 is 6.00. The van der Waals surface area contributed by atoms with Gasteiger partial charge in [0.25, 0.3) is 5.91 Å². The van der Waals surface area contributed by atoms with Crippen molar-refractivity contribution >= 4 is 23.5 Å². The minimum absolute atomic E-state index is 0.113. The number of nitrogens with one attached hydrogen (secondary N) is 1. The summed E-state index contributed by atoms with van der Waals surface area (Å²) in [6, 6.07) is 1.75. The maximum absolute atomic E-state index is 12.1. The Balaban J connectivity index is 3.04. The molecule has 0 radical (unpaired) electrons. The molecule has 114 valence electrons. The van der Waals surface area contributed by atoms with Crippen molar-refractivity contribution in [3.05, 3.63) is 35.4 Å². The highest BCUT2D eigenvalue weighted by molar-refractivity contribution is 6.32. The number of benzene rings is 1. The molecule has 0 aliphatic heterocycles. The zero-order valence-corrected chi connectivity index (χ0v) is 12.4. The van der Waals surface area contributed by atoms with Gasteiger partial charge in [-0.1, -0.05) is 17.7 Å². The molecule has 21 heavy (non-hydrogen) atoms. The first-order chi connectivity index (χ1) is 9.94. The van der Waals surface area contributed by atoms with Crippen LogP contribution in [0.25, 0.3) is 0 Å². The van der Waals surface area contributed by atoms with Crippen molar-refractivity contribution in [1.82, 2.24) is 5.32 Å². The highest BCUT2D eigenvalue weighted by atomic mass is 35.5. The molecule has 0 heterocycles. The van der Waals surface area contributed by atoms with Crippen LogP contribution in [0, 0.1) is 0 Å². The molecule has 0 spiro atoms. The average molecular weight is 314 g/mol. The van der Waals surface area contributed by atoms with Crippen LogP contribution in [-0.4, -0.2) is 37.2 Å². The van der Waals surface area contributed by atoms with Gasteiger partial charge in [-0.25, -0.2) is 4.79 Å². The average Bonchev–Trinajstić information content (AvgIpc) is 2.45. The number of amides is 1. The van der Waals surface area contributed by atoms with Gasteiger partial charge in [-0.2, -0.15) is 0 Å². The SMILES string of the molecule is C=CCC(NC(=O)c1cc(Cl)c(OC)c(OC)c1)C(=O)O.